The molecule has 0 amide bonds. The first-order valence-corrected chi connectivity index (χ1v) is 6.15. The van der Waals surface area contributed by atoms with Gasteiger partial charge in [-0.15, -0.1) is 10.2 Å². The Morgan fingerprint density at radius 1 is 1.28 bits per heavy atom. The Balaban J connectivity index is 2.21. The van der Waals surface area contributed by atoms with E-state index in [0.717, 1.165) is 17.5 Å². The van der Waals surface area contributed by atoms with Crippen molar-refractivity contribution in [1.82, 2.24) is 24.3 Å². The van der Waals surface area contributed by atoms with Crippen LogP contribution in [0.3, 0.4) is 0 Å². The molecule has 2 aromatic heterocycles. The van der Waals surface area contributed by atoms with E-state index in [9.17, 15) is 0 Å². The monoisotopic (exact) mass is 248 g/mol. The zero-order valence-corrected chi connectivity index (χ0v) is 11.5. The molecule has 0 saturated carbocycles. The van der Waals surface area contributed by atoms with Crippen LogP contribution < -0.4 is 5.32 Å². The van der Waals surface area contributed by atoms with Gasteiger partial charge in [0.1, 0.15) is 6.33 Å². The van der Waals surface area contributed by atoms with Gasteiger partial charge in [0.15, 0.2) is 5.82 Å². The van der Waals surface area contributed by atoms with Crippen LogP contribution in [0, 0.1) is 6.92 Å². The maximum atomic E-state index is 4.51. The van der Waals surface area contributed by atoms with E-state index in [0.29, 0.717) is 6.04 Å². The first kappa shape index (κ1) is 12.6. The van der Waals surface area contributed by atoms with Crippen molar-refractivity contribution in [2.24, 2.45) is 7.05 Å². The van der Waals surface area contributed by atoms with Gasteiger partial charge in [-0.1, -0.05) is 0 Å². The molecular weight excluding hydrogens is 228 g/mol. The van der Waals surface area contributed by atoms with Crippen LogP contribution in [0.2, 0.25) is 0 Å². The molecule has 0 aliphatic heterocycles. The molecule has 98 valence electrons. The second-order valence-electron chi connectivity index (χ2n) is 4.87. The smallest absolute Gasteiger partial charge is 0.203 e. The number of hydrogen-bond acceptors (Lipinski definition) is 4. The fourth-order valence-electron chi connectivity index (χ4n) is 1.96. The molecule has 2 aromatic rings. The van der Waals surface area contributed by atoms with Crippen LogP contribution >= 0.6 is 0 Å². The molecule has 18 heavy (non-hydrogen) atoms. The summed E-state index contributed by atoms with van der Waals surface area (Å²) in [4.78, 5) is 4.51. The number of aryl methyl sites for hydroxylation is 2. The van der Waals surface area contributed by atoms with Gasteiger partial charge >= 0.3 is 0 Å². The SMILES string of the molecule is Cc1cn(C(C)C)c(NC(C)c2nncn2C)n1. The van der Waals surface area contributed by atoms with E-state index in [4.69, 9.17) is 0 Å². The minimum absolute atomic E-state index is 0.0665. The molecule has 0 saturated heterocycles. The van der Waals surface area contributed by atoms with Gasteiger partial charge in [-0.2, -0.15) is 0 Å². The van der Waals surface area contributed by atoms with Gasteiger partial charge in [0.25, 0.3) is 0 Å². The van der Waals surface area contributed by atoms with Crippen LogP contribution in [-0.2, 0) is 7.05 Å². The first-order chi connectivity index (χ1) is 8.49. The number of rotatable bonds is 4. The lowest BCUT2D eigenvalue weighted by Gasteiger charge is -2.17. The van der Waals surface area contributed by atoms with Crippen molar-refractivity contribution in [1.29, 1.82) is 0 Å². The number of hydrogen-bond donors (Lipinski definition) is 1. The molecule has 0 radical (unpaired) electrons. The van der Waals surface area contributed by atoms with Crippen molar-refractivity contribution >= 4 is 5.95 Å². The van der Waals surface area contributed by atoms with Crippen molar-refractivity contribution < 1.29 is 0 Å². The van der Waals surface area contributed by atoms with Crippen molar-refractivity contribution in [3.63, 3.8) is 0 Å². The van der Waals surface area contributed by atoms with E-state index in [1.54, 1.807) is 6.33 Å². The van der Waals surface area contributed by atoms with Gasteiger partial charge in [-0.3, -0.25) is 0 Å². The molecule has 0 aromatic carbocycles. The van der Waals surface area contributed by atoms with Crippen LogP contribution in [0.5, 0.6) is 0 Å². The van der Waals surface area contributed by atoms with E-state index in [1.807, 2.05) is 18.5 Å². The lowest BCUT2D eigenvalue weighted by molar-refractivity contribution is 0.596. The summed E-state index contributed by atoms with van der Waals surface area (Å²) in [6, 6.07) is 0.442. The highest BCUT2D eigenvalue weighted by Gasteiger charge is 2.15. The Morgan fingerprint density at radius 3 is 2.56 bits per heavy atom. The molecular formula is C12H20N6. The standard InChI is InChI=1S/C12H20N6/c1-8(2)18-6-9(3)14-12(18)15-10(4)11-16-13-7-17(11)5/h6-8,10H,1-5H3,(H,14,15). The number of nitrogens with one attached hydrogen (secondary N) is 1. The molecule has 0 spiro atoms. The van der Waals surface area contributed by atoms with Crippen LogP contribution in [-0.4, -0.2) is 24.3 Å². The summed E-state index contributed by atoms with van der Waals surface area (Å²) >= 11 is 0. The number of nitrogens with zero attached hydrogens (tertiary/aromatic N) is 5. The quantitative estimate of drug-likeness (QED) is 0.899. The Kier molecular flexibility index (Phi) is 3.36. The van der Waals surface area contributed by atoms with E-state index in [-0.39, 0.29) is 6.04 Å². The van der Waals surface area contributed by atoms with E-state index in [2.05, 4.69) is 52.0 Å². The Labute approximate surface area is 107 Å². The molecule has 0 aliphatic carbocycles. The molecule has 1 atom stereocenters. The number of aromatic nitrogens is 5. The topological polar surface area (TPSA) is 60.6 Å². The van der Waals surface area contributed by atoms with Crippen molar-refractivity contribution in [2.45, 2.75) is 39.8 Å². The van der Waals surface area contributed by atoms with Crippen LogP contribution in [0.4, 0.5) is 5.95 Å². The van der Waals surface area contributed by atoms with Gasteiger partial charge < -0.3 is 14.5 Å². The summed E-state index contributed by atoms with van der Waals surface area (Å²) in [7, 11) is 1.94. The summed E-state index contributed by atoms with van der Waals surface area (Å²) < 4.78 is 4.04. The lowest BCUT2D eigenvalue weighted by Crippen LogP contribution is -2.15. The molecule has 0 fully saturated rings. The summed E-state index contributed by atoms with van der Waals surface area (Å²) in [5.74, 6) is 1.77. The third kappa shape index (κ3) is 2.37. The summed E-state index contributed by atoms with van der Waals surface area (Å²) in [5.41, 5.74) is 1.01. The third-order valence-electron chi connectivity index (χ3n) is 2.89. The average Bonchev–Trinajstić information content (AvgIpc) is 2.84. The summed E-state index contributed by atoms with van der Waals surface area (Å²) in [5, 5.41) is 11.4. The fourth-order valence-corrected chi connectivity index (χ4v) is 1.96. The second kappa shape index (κ2) is 4.80. The summed E-state index contributed by atoms with van der Waals surface area (Å²) in [6.07, 6.45) is 3.75. The zero-order chi connectivity index (χ0) is 13.3. The maximum Gasteiger partial charge on any atom is 0.203 e. The van der Waals surface area contributed by atoms with Crippen LogP contribution in [0.25, 0.3) is 0 Å². The highest BCUT2D eigenvalue weighted by molar-refractivity contribution is 5.31. The van der Waals surface area contributed by atoms with Crippen molar-refractivity contribution in [2.75, 3.05) is 5.32 Å². The van der Waals surface area contributed by atoms with E-state index < -0.39 is 0 Å². The number of anilines is 1. The third-order valence-corrected chi connectivity index (χ3v) is 2.89. The van der Waals surface area contributed by atoms with Gasteiger partial charge in [-0.05, 0) is 27.7 Å². The van der Waals surface area contributed by atoms with E-state index >= 15 is 0 Å². The lowest BCUT2D eigenvalue weighted by atomic mass is 10.3. The minimum Gasteiger partial charge on any atom is -0.346 e. The van der Waals surface area contributed by atoms with Gasteiger partial charge in [-0.25, -0.2) is 4.98 Å². The molecule has 6 nitrogen and oxygen atoms in total. The minimum atomic E-state index is 0.0665. The van der Waals surface area contributed by atoms with Crippen LogP contribution in [0.15, 0.2) is 12.5 Å². The van der Waals surface area contributed by atoms with Gasteiger partial charge in [0, 0.05) is 19.3 Å². The first-order valence-electron chi connectivity index (χ1n) is 6.15. The Morgan fingerprint density at radius 2 is 2.00 bits per heavy atom. The molecule has 1 unspecified atom stereocenters. The molecule has 2 heterocycles. The average molecular weight is 248 g/mol. The normalized spacial score (nSPS) is 13.0. The highest BCUT2D eigenvalue weighted by atomic mass is 15.3. The van der Waals surface area contributed by atoms with Crippen LogP contribution in [0.1, 0.15) is 44.4 Å². The zero-order valence-electron chi connectivity index (χ0n) is 11.5. The van der Waals surface area contributed by atoms with Crippen molar-refractivity contribution in [3.05, 3.63) is 24.0 Å². The maximum absolute atomic E-state index is 4.51. The molecule has 6 heteroatoms. The summed E-state index contributed by atoms with van der Waals surface area (Å²) in [6.45, 7) is 8.33. The molecule has 0 bridgehead atoms. The predicted octanol–water partition coefficient (Wildman–Crippen LogP) is 2.07. The highest BCUT2D eigenvalue weighted by Crippen LogP contribution is 2.20. The molecule has 2 rings (SSSR count). The predicted molar refractivity (Wildman–Crippen MR) is 70.4 cm³/mol. The Hall–Kier alpha value is -1.85. The van der Waals surface area contributed by atoms with Crippen molar-refractivity contribution in [3.8, 4) is 0 Å². The van der Waals surface area contributed by atoms with E-state index in [1.165, 1.54) is 0 Å². The fraction of sp³-hybridized carbons (Fsp3) is 0.583. The molecule has 1 N–H and O–H groups in total. The van der Waals surface area contributed by atoms with Gasteiger partial charge in [0.05, 0.1) is 11.7 Å². The Bertz CT molecular complexity index is 524. The largest absolute Gasteiger partial charge is 0.346 e. The number of imidazole rings is 1. The van der Waals surface area contributed by atoms with Gasteiger partial charge in [0.2, 0.25) is 5.95 Å². The second-order valence-corrected chi connectivity index (χ2v) is 4.87. The molecule has 0 aliphatic rings.